The van der Waals surface area contributed by atoms with Crippen LogP contribution in [0.2, 0.25) is 0 Å². The first-order chi connectivity index (χ1) is 17.7. The van der Waals surface area contributed by atoms with Crippen molar-refractivity contribution < 1.29 is 14.3 Å². The fraction of sp³-hybridized carbons (Fsp3) is 0.133. The number of aryl methyl sites for hydroxylation is 1. The van der Waals surface area contributed by atoms with Gasteiger partial charge in [0.25, 0.3) is 0 Å². The van der Waals surface area contributed by atoms with E-state index in [1.807, 2.05) is 96.4 Å². The van der Waals surface area contributed by atoms with E-state index in [1.165, 1.54) is 0 Å². The van der Waals surface area contributed by atoms with E-state index >= 15 is 0 Å². The molecule has 36 heavy (non-hydrogen) atoms. The summed E-state index contributed by atoms with van der Waals surface area (Å²) in [7, 11) is 0. The van der Waals surface area contributed by atoms with Crippen LogP contribution in [0.4, 0.5) is 5.82 Å². The average Bonchev–Trinajstić information content (AvgIpc) is 3.26. The van der Waals surface area contributed by atoms with Gasteiger partial charge in [-0.3, -0.25) is 4.40 Å². The fourth-order valence-corrected chi connectivity index (χ4v) is 4.01. The second-order valence-corrected chi connectivity index (χ2v) is 8.53. The van der Waals surface area contributed by atoms with Crippen molar-refractivity contribution in [3.8, 4) is 17.0 Å². The molecule has 2 aromatic heterocycles. The molecule has 0 spiro atoms. The second-order valence-electron chi connectivity index (χ2n) is 8.53. The molecule has 0 aliphatic carbocycles. The van der Waals surface area contributed by atoms with Crippen molar-refractivity contribution in [2.75, 3.05) is 11.9 Å². The zero-order valence-corrected chi connectivity index (χ0v) is 20.1. The van der Waals surface area contributed by atoms with Gasteiger partial charge >= 0.3 is 5.97 Å². The molecule has 0 bridgehead atoms. The highest BCUT2D eigenvalue weighted by Gasteiger charge is 2.19. The fourth-order valence-electron chi connectivity index (χ4n) is 4.01. The second kappa shape index (κ2) is 10.9. The minimum absolute atomic E-state index is 0.146. The zero-order valence-electron chi connectivity index (χ0n) is 20.1. The number of fused-ring (bicyclic) bond motifs is 1. The summed E-state index contributed by atoms with van der Waals surface area (Å²) in [6.45, 7) is 2.87. The molecule has 0 atom stereocenters. The molecule has 5 rings (SSSR count). The number of ether oxygens (including phenoxy) is 2. The van der Waals surface area contributed by atoms with Crippen molar-refractivity contribution >= 4 is 17.4 Å². The molecular weight excluding hydrogens is 450 g/mol. The van der Waals surface area contributed by atoms with Crippen molar-refractivity contribution in [3.63, 3.8) is 0 Å². The van der Waals surface area contributed by atoms with Crippen molar-refractivity contribution in [2.24, 2.45) is 0 Å². The Balaban J connectivity index is 1.40. The summed E-state index contributed by atoms with van der Waals surface area (Å²) in [5.41, 5.74) is 5.52. The maximum absolute atomic E-state index is 12.6. The molecule has 3 aromatic carbocycles. The Labute approximate surface area is 210 Å². The molecule has 6 nitrogen and oxygen atoms in total. The van der Waals surface area contributed by atoms with E-state index in [2.05, 4.69) is 17.4 Å². The lowest BCUT2D eigenvalue weighted by Gasteiger charge is -2.12. The van der Waals surface area contributed by atoms with Gasteiger partial charge in [0, 0.05) is 18.3 Å². The van der Waals surface area contributed by atoms with E-state index in [0.717, 1.165) is 33.7 Å². The largest absolute Gasteiger partial charge is 0.424 e. The maximum Gasteiger partial charge on any atom is 0.337 e. The smallest absolute Gasteiger partial charge is 0.337 e. The third-order valence-electron chi connectivity index (χ3n) is 5.78. The molecule has 2 heterocycles. The summed E-state index contributed by atoms with van der Waals surface area (Å²) < 4.78 is 13.3. The molecule has 0 amide bonds. The van der Waals surface area contributed by atoms with Gasteiger partial charge in [0.05, 0.1) is 6.61 Å². The van der Waals surface area contributed by atoms with Gasteiger partial charge in [-0.1, -0.05) is 72.8 Å². The number of aromatic nitrogens is 2. The number of pyridine rings is 1. The van der Waals surface area contributed by atoms with E-state index in [-0.39, 0.29) is 6.61 Å². The van der Waals surface area contributed by atoms with Crippen LogP contribution in [0.15, 0.2) is 103 Å². The Morgan fingerprint density at radius 1 is 0.889 bits per heavy atom. The molecule has 5 aromatic rings. The molecule has 1 N–H and O–H groups in total. The van der Waals surface area contributed by atoms with Crippen molar-refractivity contribution in [1.29, 1.82) is 0 Å². The summed E-state index contributed by atoms with van der Waals surface area (Å²) in [4.78, 5) is 17.5. The van der Waals surface area contributed by atoms with Gasteiger partial charge in [0.2, 0.25) is 0 Å². The number of para-hydroxylation sites is 1. The lowest BCUT2D eigenvalue weighted by molar-refractivity contribution is -0.139. The number of esters is 1. The molecule has 6 heteroatoms. The van der Waals surface area contributed by atoms with E-state index < -0.39 is 5.97 Å². The summed E-state index contributed by atoms with van der Waals surface area (Å²) in [6.07, 6.45) is 2.00. The molecule has 0 aliphatic heterocycles. The monoisotopic (exact) mass is 477 g/mol. The topological polar surface area (TPSA) is 64.9 Å². The number of rotatable bonds is 9. The van der Waals surface area contributed by atoms with Gasteiger partial charge in [-0.15, -0.1) is 0 Å². The lowest BCUT2D eigenvalue weighted by Crippen LogP contribution is -2.16. The number of benzene rings is 3. The summed E-state index contributed by atoms with van der Waals surface area (Å²) in [6, 6.07) is 31.4. The quantitative estimate of drug-likeness (QED) is 0.207. The van der Waals surface area contributed by atoms with Crippen LogP contribution in [0.25, 0.3) is 16.9 Å². The van der Waals surface area contributed by atoms with Gasteiger partial charge in [-0.25, -0.2) is 9.78 Å². The van der Waals surface area contributed by atoms with Crippen LogP contribution < -0.4 is 10.1 Å². The van der Waals surface area contributed by atoms with E-state index in [0.29, 0.717) is 24.6 Å². The van der Waals surface area contributed by atoms with Crippen LogP contribution in [0.5, 0.6) is 5.75 Å². The molecule has 0 unspecified atom stereocenters. The Morgan fingerprint density at radius 2 is 1.58 bits per heavy atom. The third kappa shape index (κ3) is 5.45. The predicted octanol–water partition coefficient (Wildman–Crippen LogP) is 6.04. The van der Waals surface area contributed by atoms with Gasteiger partial charge < -0.3 is 14.8 Å². The predicted molar refractivity (Wildman–Crippen MR) is 141 cm³/mol. The third-order valence-corrected chi connectivity index (χ3v) is 5.78. The lowest BCUT2D eigenvalue weighted by atomic mass is 10.1. The Kier molecular flexibility index (Phi) is 7.05. The van der Waals surface area contributed by atoms with Crippen LogP contribution in [0, 0.1) is 6.92 Å². The van der Waals surface area contributed by atoms with Crippen LogP contribution in [0.3, 0.4) is 0 Å². The van der Waals surface area contributed by atoms with Crippen molar-refractivity contribution in [1.82, 2.24) is 9.38 Å². The first kappa shape index (κ1) is 23.3. The number of carbonyl (C=O) groups is 1. The molecule has 0 fully saturated rings. The normalized spacial score (nSPS) is 10.9. The van der Waals surface area contributed by atoms with Gasteiger partial charge in [0.1, 0.15) is 29.5 Å². The van der Waals surface area contributed by atoms with Gasteiger partial charge in [-0.05, 0) is 47.9 Å². The first-order valence-electron chi connectivity index (χ1n) is 11.9. The SMILES string of the molecule is Cc1ccn2c(NCc3ccccc3)c(-c3ccccc3OC(=O)COCc3ccccc3)nc2c1. The number of carbonyl (C=O) groups excluding carboxylic acids is 1. The standard InChI is InChI=1S/C30H27N3O3/c1-22-16-17-33-27(18-22)32-29(30(33)31-19-23-10-4-2-5-11-23)25-14-8-9-15-26(25)36-28(34)21-35-20-24-12-6-3-7-13-24/h2-18,31H,19-21H2,1H3. The van der Waals surface area contributed by atoms with Gasteiger partial charge in [-0.2, -0.15) is 0 Å². The Hall–Kier alpha value is -4.42. The van der Waals surface area contributed by atoms with Crippen LogP contribution in [0.1, 0.15) is 16.7 Å². The number of nitrogens with zero attached hydrogens (tertiary/aromatic N) is 2. The highest BCUT2D eigenvalue weighted by Crippen LogP contribution is 2.35. The van der Waals surface area contributed by atoms with E-state index in [1.54, 1.807) is 6.07 Å². The van der Waals surface area contributed by atoms with Crippen molar-refractivity contribution in [2.45, 2.75) is 20.1 Å². The minimum Gasteiger partial charge on any atom is -0.424 e. The number of nitrogens with one attached hydrogen (secondary N) is 1. The maximum atomic E-state index is 12.6. The molecule has 0 aliphatic rings. The molecular formula is C30H27N3O3. The molecule has 0 saturated heterocycles. The van der Waals surface area contributed by atoms with E-state index in [4.69, 9.17) is 14.5 Å². The van der Waals surface area contributed by atoms with Crippen LogP contribution in [-0.2, 0) is 22.7 Å². The number of hydrogen-bond acceptors (Lipinski definition) is 5. The molecule has 0 saturated carbocycles. The molecule has 0 radical (unpaired) electrons. The van der Waals surface area contributed by atoms with E-state index in [9.17, 15) is 4.79 Å². The number of anilines is 1. The number of imidazole rings is 1. The summed E-state index contributed by atoms with van der Waals surface area (Å²) in [5.74, 6) is 0.808. The summed E-state index contributed by atoms with van der Waals surface area (Å²) in [5, 5.41) is 3.54. The Bertz CT molecular complexity index is 1460. The minimum atomic E-state index is -0.461. The first-order valence-corrected chi connectivity index (χ1v) is 11.9. The van der Waals surface area contributed by atoms with Crippen molar-refractivity contribution in [3.05, 3.63) is 120 Å². The average molecular weight is 478 g/mol. The zero-order chi connectivity index (χ0) is 24.7. The number of hydrogen-bond donors (Lipinski definition) is 1. The van der Waals surface area contributed by atoms with Gasteiger partial charge in [0.15, 0.2) is 0 Å². The highest BCUT2D eigenvalue weighted by molar-refractivity contribution is 5.83. The van der Waals surface area contributed by atoms with Crippen LogP contribution >= 0.6 is 0 Å². The molecule has 180 valence electrons. The Morgan fingerprint density at radius 3 is 2.36 bits per heavy atom. The highest BCUT2D eigenvalue weighted by atomic mass is 16.6. The van der Waals surface area contributed by atoms with Crippen LogP contribution in [-0.4, -0.2) is 22.0 Å². The summed E-state index contributed by atoms with van der Waals surface area (Å²) >= 11 is 0.